The second-order valence-corrected chi connectivity index (χ2v) is 2.98. The third kappa shape index (κ3) is 3.44. The van der Waals surface area contributed by atoms with E-state index >= 15 is 0 Å². The minimum absolute atomic E-state index is 0.168. The molecule has 0 spiro atoms. The fourth-order valence-electron chi connectivity index (χ4n) is 1.03. The van der Waals surface area contributed by atoms with Gasteiger partial charge in [0, 0.05) is 24.9 Å². The Labute approximate surface area is 88.3 Å². The van der Waals surface area contributed by atoms with Gasteiger partial charge in [-0.3, -0.25) is 15.1 Å². The highest BCUT2D eigenvalue weighted by Gasteiger charge is 2.01. The van der Waals surface area contributed by atoms with Gasteiger partial charge in [0.25, 0.3) is 0 Å². The van der Waals surface area contributed by atoms with Crippen molar-refractivity contribution < 1.29 is 14.7 Å². The summed E-state index contributed by atoms with van der Waals surface area (Å²) in [6.07, 6.45) is 2.58. The molecule has 0 atom stereocenters. The van der Waals surface area contributed by atoms with Crippen molar-refractivity contribution in [3.8, 4) is 5.75 Å². The van der Waals surface area contributed by atoms with Crippen LogP contribution >= 0.6 is 0 Å². The van der Waals surface area contributed by atoms with Crippen LogP contribution in [0.5, 0.6) is 5.75 Å². The highest BCUT2D eigenvalue weighted by atomic mass is 16.5. The van der Waals surface area contributed by atoms with Crippen molar-refractivity contribution in [2.45, 2.75) is 0 Å². The normalized spacial score (nSPS) is 10.3. The fraction of sp³-hybridized carbons (Fsp3) is 0.182. The summed E-state index contributed by atoms with van der Waals surface area (Å²) in [5.74, 6) is 0.536. The minimum Gasteiger partial charge on any atom is -0.497 e. The van der Waals surface area contributed by atoms with Gasteiger partial charge in [0.1, 0.15) is 5.75 Å². The molecule has 0 aromatic heterocycles. The van der Waals surface area contributed by atoms with Crippen LogP contribution in [0.25, 0.3) is 0 Å². The summed E-state index contributed by atoms with van der Waals surface area (Å²) in [5, 5.41) is 9.63. The van der Waals surface area contributed by atoms with Gasteiger partial charge in [-0.05, 0) is 24.3 Å². The van der Waals surface area contributed by atoms with E-state index in [2.05, 4.69) is 0 Å². The molecule has 1 aromatic rings. The summed E-state index contributed by atoms with van der Waals surface area (Å²) in [6, 6.07) is 6.76. The molecular weight excluding hydrogens is 194 g/mol. The number of nitrogens with zero attached hydrogens (tertiary/aromatic N) is 1. The first-order chi connectivity index (χ1) is 7.13. The summed E-state index contributed by atoms with van der Waals surface area (Å²) < 4.78 is 4.97. The molecular formula is C11H13NO3. The van der Waals surface area contributed by atoms with Gasteiger partial charge >= 0.3 is 0 Å². The predicted octanol–water partition coefficient (Wildman–Crippen LogP) is 1.71. The molecule has 1 rings (SSSR count). The van der Waals surface area contributed by atoms with Crippen molar-refractivity contribution in [3.63, 3.8) is 0 Å². The molecule has 0 aliphatic carbocycles. The highest BCUT2D eigenvalue weighted by molar-refractivity contribution is 6.04. The fourth-order valence-corrected chi connectivity index (χ4v) is 1.03. The number of hydroxylamine groups is 2. The molecule has 0 aliphatic heterocycles. The molecule has 0 saturated heterocycles. The first-order valence-corrected chi connectivity index (χ1v) is 4.42. The zero-order valence-corrected chi connectivity index (χ0v) is 8.68. The third-order valence-electron chi connectivity index (χ3n) is 1.82. The molecule has 0 radical (unpaired) electrons. The van der Waals surface area contributed by atoms with E-state index in [1.165, 1.54) is 19.3 Å². The maximum atomic E-state index is 11.5. The Bertz CT molecular complexity index is 355. The van der Waals surface area contributed by atoms with E-state index in [-0.39, 0.29) is 5.78 Å². The largest absolute Gasteiger partial charge is 0.497 e. The van der Waals surface area contributed by atoms with E-state index in [9.17, 15) is 4.79 Å². The molecule has 0 bridgehead atoms. The summed E-state index contributed by atoms with van der Waals surface area (Å²) >= 11 is 0. The maximum Gasteiger partial charge on any atom is 0.187 e. The lowest BCUT2D eigenvalue weighted by Gasteiger charge is -2.02. The predicted molar refractivity (Wildman–Crippen MR) is 56.0 cm³/mol. The number of carbonyl (C=O) groups excluding carboxylic acids is 1. The van der Waals surface area contributed by atoms with Crippen LogP contribution in [0.4, 0.5) is 0 Å². The van der Waals surface area contributed by atoms with E-state index in [1.807, 2.05) is 0 Å². The van der Waals surface area contributed by atoms with Gasteiger partial charge in [0.2, 0.25) is 0 Å². The number of ketones is 1. The average molecular weight is 207 g/mol. The van der Waals surface area contributed by atoms with Crippen LogP contribution in [-0.4, -0.2) is 30.2 Å². The number of ether oxygens (including phenoxy) is 1. The molecule has 0 heterocycles. The molecule has 0 fully saturated rings. The summed E-state index contributed by atoms with van der Waals surface area (Å²) in [7, 11) is 3.00. The SMILES string of the molecule is COc1ccc(C(=O)/C=C\N(C)O)cc1. The van der Waals surface area contributed by atoms with Crippen LogP contribution in [0.3, 0.4) is 0 Å². The number of hydrogen-bond acceptors (Lipinski definition) is 4. The van der Waals surface area contributed by atoms with E-state index in [4.69, 9.17) is 9.94 Å². The molecule has 0 saturated carbocycles. The Hall–Kier alpha value is -1.81. The molecule has 15 heavy (non-hydrogen) atoms. The summed E-state index contributed by atoms with van der Waals surface area (Å²) in [4.78, 5) is 11.5. The monoisotopic (exact) mass is 207 g/mol. The van der Waals surface area contributed by atoms with Gasteiger partial charge < -0.3 is 4.74 Å². The molecule has 1 N–H and O–H groups in total. The van der Waals surface area contributed by atoms with Gasteiger partial charge in [-0.25, -0.2) is 0 Å². The van der Waals surface area contributed by atoms with Crippen molar-refractivity contribution in [1.29, 1.82) is 0 Å². The second-order valence-electron chi connectivity index (χ2n) is 2.98. The van der Waals surface area contributed by atoms with Gasteiger partial charge in [-0.2, -0.15) is 0 Å². The Morgan fingerprint density at radius 1 is 1.40 bits per heavy atom. The quantitative estimate of drug-likeness (QED) is 0.464. The van der Waals surface area contributed by atoms with Crippen LogP contribution < -0.4 is 4.74 Å². The van der Waals surface area contributed by atoms with Crippen molar-refractivity contribution in [1.82, 2.24) is 5.06 Å². The van der Waals surface area contributed by atoms with E-state index in [1.54, 1.807) is 31.4 Å². The molecule has 0 aliphatic rings. The Kier molecular flexibility index (Phi) is 3.88. The molecule has 80 valence electrons. The van der Waals surface area contributed by atoms with Crippen LogP contribution in [0, 0.1) is 0 Å². The van der Waals surface area contributed by atoms with Crippen molar-refractivity contribution in [2.24, 2.45) is 0 Å². The topological polar surface area (TPSA) is 49.8 Å². The number of rotatable bonds is 4. The van der Waals surface area contributed by atoms with Crippen LogP contribution in [0.2, 0.25) is 0 Å². The van der Waals surface area contributed by atoms with Crippen molar-refractivity contribution in [2.75, 3.05) is 14.2 Å². The van der Waals surface area contributed by atoms with E-state index in [0.29, 0.717) is 11.3 Å². The summed E-state index contributed by atoms with van der Waals surface area (Å²) in [5.41, 5.74) is 0.550. The molecule has 0 amide bonds. The maximum absolute atomic E-state index is 11.5. The number of hydrogen-bond donors (Lipinski definition) is 1. The van der Waals surface area contributed by atoms with Gasteiger partial charge in [0.15, 0.2) is 5.78 Å². The lowest BCUT2D eigenvalue weighted by molar-refractivity contribution is -0.0130. The van der Waals surface area contributed by atoms with Crippen LogP contribution in [0.15, 0.2) is 36.5 Å². The molecule has 0 unspecified atom stereocenters. The summed E-state index contributed by atoms with van der Waals surface area (Å²) in [6.45, 7) is 0. The zero-order valence-electron chi connectivity index (χ0n) is 8.68. The lowest BCUT2D eigenvalue weighted by atomic mass is 10.1. The smallest absolute Gasteiger partial charge is 0.187 e. The number of carbonyl (C=O) groups is 1. The van der Waals surface area contributed by atoms with Gasteiger partial charge in [-0.15, -0.1) is 0 Å². The number of methoxy groups -OCH3 is 1. The van der Waals surface area contributed by atoms with Crippen LogP contribution in [0.1, 0.15) is 10.4 Å². The van der Waals surface area contributed by atoms with Crippen molar-refractivity contribution in [3.05, 3.63) is 42.1 Å². The number of benzene rings is 1. The Morgan fingerprint density at radius 2 is 2.00 bits per heavy atom. The van der Waals surface area contributed by atoms with Crippen molar-refractivity contribution >= 4 is 5.78 Å². The third-order valence-corrected chi connectivity index (χ3v) is 1.82. The lowest BCUT2D eigenvalue weighted by Crippen LogP contribution is -2.04. The number of allylic oxidation sites excluding steroid dienone is 1. The standard InChI is InChI=1S/C11H13NO3/c1-12(14)8-7-11(13)9-3-5-10(15-2)6-4-9/h3-8,14H,1-2H3/b8-7-. The first-order valence-electron chi connectivity index (χ1n) is 4.42. The molecule has 4 heteroatoms. The highest BCUT2D eigenvalue weighted by Crippen LogP contribution is 2.11. The second kappa shape index (κ2) is 5.17. The van der Waals surface area contributed by atoms with Gasteiger partial charge in [-0.1, -0.05) is 0 Å². The molecule has 4 nitrogen and oxygen atoms in total. The Morgan fingerprint density at radius 3 is 2.47 bits per heavy atom. The van der Waals surface area contributed by atoms with Gasteiger partial charge in [0.05, 0.1) is 7.11 Å². The van der Waals surface area contributed by atoms with Crippen LogP contribution in [-0.2, 0) is 0 Å². The molecule has 1 aromatic carbocycles. The van der Waals surface area contributed by atoms with E-state index in [0.717, 1.165) is 5.06 Å². The Balaban J connectivity index is 2.74. The zero-order chi connectivity index (χ0) is 11.3. The average Bonchev–Trinajstić information content (AvgIpc) is 2.26. The first kappa shape index (κ1) is 11.3. The van der Waals surface area contributed by atoms with E-state index < -0.39 is 0 Å². The minimum atomic E-state index is -0.168.